The lowest BCUT2D eigenvalue weighted by Crippen LogP contribution is -1.83. The Labute approximate surface area is 107 Å². The summed E-state index contributed by atoms with van der Waals surface area (Å²) in [6, 6.07) is 16.8. The molecule has 0 amide bonds. The van der Waals surface area contributed by atoms with Crippen molar-refractivity contribution in [3.8, 4) is 0 Å². The summed E-state index contributed by atoms with van der Waals surface area (Å²) >= 11 is 1.77. The molecular weight excluding hydrogens is 226 g/mol. The molecule has 0 aliphatic carbocycles. The Morgan fingerprint density at radius 3 is 1.94 bits per heavy atom. The summed E-state index contributed by atoms with van der Waals surface area (Å²) in [5, 5.41) is 0. The molecule has 0 saturated carbocycles. The van der Waals surface area contributed by atoms with Gasteiger partial charge in [0.1, 0.15) is 0 Å². The molecule has 0 aliphatic heterocycles. The van der Waals surface area contributed by atoms with E-state index in [9.17, 15) is 0 Å². The van der Waals surface area contributed by atoms with Crippen molar-refractivity contribution in [1.82, 2.24) is 0 Å². The summed E-state index contributed by atoms with van der Waals surface area (Å²) in [5.41, 5.74) is 7.89. The molecule has 0 radical (unpaired) electrons. The largest absolute Gasteiger partial charge is 0.399 e. The summed E-state index contributed by atoms with van der Waals surface area (Å²) in [5.74, 6) is 0. The average molecular weight is 243 g/mol. The summed E-state index contributed by atoms with van der Waals surface area (Å²) < 4.78 is 0. The second kappa shape index (κ2) is 5.78. The van der Waals surface area contributed by atoms with Gasteiger partial charge in [0.15, 0.2) is 0 Å². The van der Waals surface area contributed by atoms with Gasteiger partial charge in [-0.15, -0.1) is 0 Å². The van der Waals surface area contributed by atoms with Gasteiger partial charge in [-0.1, -0.05) is 37.2 Å². The Bertz CT molecular complexity index is 459. The smallest absolute Gasteiger partial charge is 0.0314 e. The minimum atomic E-state index is 0.813. The second-order valence-electron chi connectivity index (χ2n) is 4.07. The fraction of sp³-hybridized carbons (Fsp3) is 0.200. The fourth-order valence-corrected chi connectivity index (χ4v) is 2.50. The molecule has 0 unspecified atom stereocenters. The van der Waals surface area contributed by atoms with Gasteiger partial charge in [0.2, 0.25) is 0 Å². The van der Waals surface area contributed by atoms with Crippen molar-refractivity contribution in [3.63, 3.8) is 0 Å². The zero-order valence-corrected chi connectivity index (χ0v) is 10.8. The lowest BCUT2D eigenvalue weighted by atomic mass is 10.1. The highest BCUT2D eigenvalue weighted by atomic mass is 32.2. The number of aryl methyl sites for hydroxylation is 1. The van der Waals surface area contributed by atoms with Gasteiger partial charge in [-0.2, -0.15) is 0 Å². The van der Waals surface area contributed by atoms with Crippen LogP contribution in [-0.2, 0) is 6.42 Å². The monoisotopic (exact) mass is 243 g/mol. The van der Waals surface area contributed by atoms with Gasteiger partial charge in [-0.3, -0.25) is 0 Å². The van der Waals surface area contributed by atoms with Crippen molar-refractivity contribution in [2.45, 2.75) is 29.6 Å². The van der Waals surface area contributed by atoms with E-state index < -0.39 is 0 Å². The molecule has 0 atom stereocenters. The number of rotatable bonds is 4. The van der Waals surface area contributed by atoms with Crippen LogP contribution in [0.1, 0.15) is 18.9 Å². The first kappa shape index (κ1) is 12.1. The molecular formula is C15H17NS. The maximum Gasteiger partial charge on any atom is 0.0314 e. The normalized spacial score (nSPS) is 10.4. The van der Waals surface area contributed by atoms with Gasteiger partial charge in [0.05, 0.1) is 0 Å². The highest BCUT2D eigenvalue weighted by Crippen LogP contribution is 2.28. The first-order chi connectivity index (χ1) is 8.28. The van der Waals surface area contributed by atoms with E-state index in [0.717, 1.165) is 12.1 Å². The van der Waals surface area contributed by atoms with E-state index in [4.69, 9.17) is 5.73 Å². The molecule has 2 N–H and O–H groups in total. The molecule has 0 fully saturated rings. The maximum absolute atomic E-state index is 5.66. The van der Waals surface area contributed by atoms with Crippen LogP contribution < -0.4 is 5.73 Å². The van der Waals surface area contributed by atoms with Crippen LogP contribution in [0, 0.1) is 0 Å². The van der Waals surface area contributed by atoms with Crippen LogP contribution >= 0.6 is 11.8 Å². The number of benzene rings is 2. The van der Waals surface area contributed by atoms with E-state index >= 15 is 0 Å². The summed E-state index contributed by atoms with van der Waals surface area (Å²) in [7, 11) is 0. The van der Waals surface area contributed by atoms with Crippen molar-refractivity contribution in [2.75, 3.05) is 5.73 Å². The van der Waals surface area contributed by atoms with E-state index in [2.05, 4.69) is 43.3 Å². The zero-order valence-electron chi connectivity index (χ0n) is 10.0. The van der Waals surface area contributed by atoms with Crippen LogP contribution in [-0.4, -0.2) is 0 Å². The molecule has 0 heterocycles. The van der Waals surface area contributed by atoms with Gasteiger partial charge in [-0.25, -0.2) is 0 Å². The Hall–Kier alpha value is -1.41. The molecule has 0 spiro atoms. The molecule has 2 rings (SSSR count). The van der Waals surface area contributed by atoms with Crippen molar-refractivity contribution in [3.05, 3.63) is 54.1 Å². The summed E-state index contributed by atoms with van der Waals surface area (Å²) in [4.78, 5) is 2.50. The van der Waals surface area contributed by atoms with E-state index in [1.165, 1.54) is 21.8 Å². The van der Waals surface area contributed by atoms with Gasteiger partial charge < -0.3 is 5.73 Å². The van der Waals surface area contributed by atoms with Crippen LogP contribution in [0.15, 0.2) is 58.3 Å². The molecule has 0 saturated heterocycles. The van der Waals surface area contributed by atoms with E-state index in [0.29, 0.717) is 0 Å². The molecule has 0 aromatic heterocycles. The van der Waals surface area contributed by atoms with Crippen LogP contribution in [0.2, 0.25) is 0 Å². The number of hydrogen-bond acceptors (Lipinski definition) is 2. The lowest BCUT2D eigenvalue weighted by Gasteiger charge is -2.04. The van der Waals surface area contributed by atoms with Crippen LogP contribution in [0.4, 0.5) is 5.69 Å². The number of hydrogen-bond donors (Lipinski definition) is 1. The maximum atomic E-state index is 5.66. The minimum absolute atomic E-state index is 0.813. The Balaban J connectivity index is 2.05. The Kier molecular flexibility index (Phi) is 4.10. The molecule has 2 aromatic rings. The number of anilines is 1. The highest BCUT2D eigenvalue weighted by molar-refractivity contribution is 7.99. The van der Waals surface area contributed by atoms with Crippen molar-refractivity contribution in [1.29, 1.82) is 0 Å². The molecule has 0 bridgehead atoms. The minimum Gasteiger partial charge on any atom is -0.399 e. The quantitative estimate of drug-likeness (QED) is 0.807. The third-order valence-electron chi connectivity index (χ3n) is 2.58. The van der Waals surface area contributed by atoms with Gasteiger partial charge >= 0.3 is 0 Å². The van der Waals surface area contributed by atoms with Gasteiger partial charge in [-0.05, 0) is 48.4 Å². The molecule has 2 aromatic carbocycles. The summed E-state index contributed by atoms with van der Waals surface area (Å²) in [6.07, 6.45) is 2.36. The van der Waals surface area contributed by atoms with E-state index in [1.807, 2.05) is 12.1 Å². The predicted molar refractivity (Wildman–Crippen MR) is 75.4 cm³/mol. The Morgan fingerprint density at radius 1 is 0.882 bits per heavy atom. The van der Waals surface area contributed by atoms with Crippen molar-refractivity contribution >= 4 is 17.4 Å². The van der Waals surface area contributed by atoms with Crippen LogP contribution in [0.5, 0.6) is 0 Å². The molecule has 2 heteroatoms. The Morgan fingerprint density at radius 2 is 1.41 bits per heavy atom. The standard InChI is InChI=1S/C15H17NS/c1-2-3-12-4-8-14(9-5-12)17-15-10-6-13(16)7-11-15/h4-11H,2-3,16H2,1H3. The number of nitrogen functional groups attached to an aromatic ring is 1. The second-order valence-corrected chi connectivity index (χ2v) is 5.21. The summed E-state index contributed by atoms with van der Waals surface area (Å²) in [6.45, 7) is 2.21. The average Bonchev–Trinajstić information content (AvgIpc) is 2.35. The third-order valence-corrected chi connectivity index (χ3v) is 3.59. The third kappa shape index (κ3) is 3.53. The lowest BCUT2D eigenvalue weighted by molar-refractivity contribution is 0.920. The van der Waals surface area contributed by atoms with Crippen LogP contribution in [0.25, 0.3) is 0 Å². The molecule has 88 valence electrons. The first-order valence-electron chi connectivity index (χ1n) is 5.90. The topological polar surface area (TPSA) is 26.0 Å². The molecule has 1 nitrogen and oxygen atoms in total. The number of nitrogens with two attached hydrogens (primary N) is 1. The first-order valence-corrected chi connectivity index (χ1v) is 6.72. The van der Waals surface area contributed by atoms with E-state index in [-0.39, 0.29) is 0 Å². The van der Waals surface area contributed by atoms with Crippen LogP contribution in [0.3, 0.4) is 0 Å². The highest BCUT2D eigenvalue weighted by Gasteiger charge is 1.97. The SMILES string of the molecule is CCCc1ccc(Sc2ccc(N)cc2)cc1. The van der Waals surface area contributed by atoms with E-state index in [1.54, 1.807) is 11.8 Å². The molecule has 17 heavy (non-hydrogen) atoms. The van der Waals surface area contributed by atoms with Gasteiger partial charge in [0.25, 0.3) is 0 Å². The van der Waals surface area contributed by atoms with Gasteiger partial charge in [0, 0.05) is 15.5 Å². The molecule has 0 aliphatic rings. The van der Waals surface area contributed by atoms with Crippen molar-refractivity contribution < 1.29 is 0 Å². The predicted octanol–water partition coefficient (Wildman–Crippen LogP) is 4.37. The fourth-order valence-electron chi connectivity index (χ4n) is 1.68. The van der Waals surface area contributed by atoms with Crippen molar-refractivity contribution in [2.24, 2.45) is 0 Å². The zero-order chi connectivity index (χ0) is 12.1.